The van der Waals surface area contributed by atoms with Crippen molar-refractivity contribution in [2.45, 2.75) is 83.2 Å². The molecule has 1 aliphatic heterocycles. The van der Waals surface area contributed by atoms with E-state index in [-0.39, 0.29) is 23.8 Å². The van der Waals surface area contributed by atoms with Gasteiger partial charge >= 0.3 is 5.97 Å². The number of methoxy groups -OCH3 is 1. The number of amides is 1. The number of benzene rings is 2. The summed E-state index contributed by atoms with van der Waals surface area (Å²) >= 11 is 0. The quantitative estimate of drug-likeness (QED) is 0.208. The maximum Gasteiger partial charge on any atom is 0.341 e. The smallest absolute Gasteiger partial charge is 0.341 e. The Bertz CT molecular complexity index is 1620. The Kier molecular flexibility index (Phi) is 8.15. The minimum absolute atomic E-state index is 0.0686. The van der Waals surface area contributed by atoms with Crippen molar-refractivity contribution >= 4 is 11.9 Å². The van der Waals surface area contributed by atoms with Gasteiger partial charge in [0.05, 0.1) is 30.4 Å². The minimum Gasteiger partial charge on any atom is -0.465 e. The van der Waals surface area contributed by atoms with Gasteiger partial charge in [-0.2, -0.15) is 5.10 Å². The third kappa shape index (κ3) is 5.72. The predicted octanol–water partition coefficient (Wildman–Crippen LogP) is 6.56. The van der Waals surface area contributed by atoms with Crippen molar-refractivity contribution in [3.8, 4) is 16.8 Å². The zero-order valence-corrected chi connectivity index (χ0v) is 25.4. The van der Waals surface area contributed by atoms with Crippen molar-refractivity contribution in [1.29, 1.82) is 0 Å². The van der Waals surface area contributed by atoms with Gasteiger partial charge in [0.15, 0.2) is 0 Å². The van der Waals surface area contributed by atoms with Gasteiger partial charge in [-0.1, -0.05) is 42.8 Å². The molecule has 2 fully saturated rings. The predicted molar refractivity (Wildman–Crippen MR) is 164 cm³/mol. The highest BCUT2D eigenvalue weighted by Gasteiger charge is 2.46. The van der Waals surface area contributed by atoms with E-state index in [0.717, 1.165) is 66.9 Å². The van der Waals surface area contributed by atoms with Crippen LogP contribution in [0.3, 0.4) is 0 Å². The molecule has 2 aromatic heterocycles. The van der Waals surface area contributed by atoms with Crippen LogP contribution in [-0.4, -0.2) is 61.2 Å². The summed E-state index contributed by atoms with van der Waals surface area (Å²) in [6, 6.07) is 16.6. The van der Waals surface area contributed by atoms with Crippen molar-refractivity contribution in [3.05, 3.63) is 83.4 Å². The van der Waals surface area contributed by atoms with Gasteiger partial charge < -0.3 is 9.64 Å². The molecule has 9 nitrogen and oxygen atoms in total. The number of piperidine rings is 1. The zero-order valence-electron chi connectivity index (χ0n) is 25.4. The van der Waals surface area contributed by atoms with Crippen LogP contribution in [0.15, 0.2) is 60.9 Å². The van der Waals surface area contributed by atoms with Crippen LogP contribution in [0.5, 0.6) is 0 Å². The molecular weight excluding hydrogens is 540 g/mol. The summed E-state index contributed by atoms with van der Waals surface area (Å²) in [5.74, 6) is -0.0655. The molecule has 0 N–H and O–H groups in total. The summed E-state index contributed by atoms with van der Waals surface area (Å²) in [7, 11) is 1.39. The highest BCUT2D eigenvalue weighted by atomic mass is 16.5. The molecule has 0 spiro atoms. The second-order valence-electron chi connectivity index (χ2n) is 12.1. The molecule has 3 heterocycles. The molecule has 2 aromatic carbocycles. The second-order valence-corrected chi connectivity index (χ2v) is 12.1. The maximum absolute atomic E-state index is 13.6. The fourth-order valence-corrected chi connectivity index (χ4v) is 6.44. The van der Waals surface area contributed by atoms with Crippen molar-refractivity contribution in [1.82, 2.24) is 29.7 Å². The van der Waals surface area contributed by atoms with Crippen molar-refractivity contribution < 1.29 is 14.3 Å². The average Bonchev–Trinajstić information content (AvgIpc) is 3.44. The number of hydrogen-bond acceptors (Lipinski definition) is 6. The molecule has 1 saturated heterocycles. The molecule has 4 aromatic rings. The number of nitrogens with zero attached hydrogens (tertiary/aromatic N) is 6. The molecule has 0 bridgehead atoms. The monoisotopic (exact) mass is 580 g/mol. The van der Waals surface area contributed by atoms with Crippen LogP contribution in [0.2, 0.25) is 0 Å². The number of rotatable bonds is 9. The molecule has 0 unspecified atom stereocenters. The number of likely N-dealkylation sites (tertiary alicyclic amines) is 1. The SMILES string of the molecule is CCC[C@@H]1CCCCN1C(=O)c1cccc(-c2cccc(-n3ncc(C(=O)OC)c3[C@H]3C[C@@H]3c3cn(C(C)C)nn3)c2)c1. The van der Waals surface area contributed by atoms with E-state index in [1.54, 1.807) is 6.20 Å². The first-order valence-electron chi connectivity index (χ1n) is 15.5. The van der Waals surface area contributed by atoms with Gasteiger partial charge in [0.1, 0.15) is 5.56 Å². The number of aromatic nitrogens is 5. The largest absolute Gasteiger partial charge is 0.465 e. The van der Waals surface area contributed by atoms with Gasteiger partial charge in [0, 0.05) is 42.2 Å². The van der Waals surface area contributed by atoms with Gasteiger partial charge in [-0.25, -0.2) is 14.2 Å². The van der Waals surface area contributed by atoms with E-state index in [1.807, 2.05) is 58.0 Å². The Morgan fingerprint density at radius 2 is 1.84 bits per heavy atom. The Hall–Kier alpha value is -4.27. The van der Waals surface area contributed by atoms with Crippen LogP contribution in [-0.2, 0) is 4.74 Å². The summed E-state index contributed by atoms with van der Waals surface area (Å²) in [6.45, 7) is 7.15. The minimum atomic E-state index is -0.404. The summed E-state index contributed by atoms with van der Waals surface area (Å²) in [5, 5.41) is 13.4. The van der Waals surface area contributed by atoms with E-state index in [4.69, 9.17) is 4.74 Å². The van der Waals surface area contributed by atoms with Crippen molar-refractivity contribution in [2.75, 3.05) is 13.7 Å². The molecular formula is C34H40N6O3. The molecule has 9 heteroatoms. The number of carbonyl (C=O) groups is 2. The first kappa shape index (κ1) is 28.8. The first-order valence-corrected chi connectivity index (χ1v) is 15.5. The average molecular weight is 581 g/mol. The van der Waals surface area contributed by atoms with E-state index in [0.29, 0.717) is 17.2 Å². The Morgan fingerprint density at radius 3 is 2.58 bits per heavy atom. The lowest BCUT2D eigenvalue weighted by Crippen LogP contribution is -2.43. The number of esters is 1. The molecule has 224 valence electrons. The molecule has 0 radical (unpaired) electrons. The fraction of sp³-hybridized carbons (Fsp3) is 0.441. The summed E-state index contributed by atoms with van der Waals surface area (Å²) in [5.41, 5.74) is 5.71. The number of hydrogen-bond donors (Lipinski definition) is 0. The van der Waals surface area contributed by atoms with E-state index in [1.165, 1.54) is 13.5 Å². The van der Waals surface area contributed by atoms with E-state index >= 15 is 0 Å². The van der Waals surface area contributed by atoms with Crippen LogP contribution in [0.4, 0.5) is 0 Å². The molecule has 1 saturated carbocycles. The summed E-state index contributed by atoms with van der Waals surface area (Å²) in [4.78, 5) is 28.5. The molecule has 43 heavy (non-hydrogen) atoms. The summed E-state index contributed by atoms with van der Waals surface area (Å²) in [6.07, 6.45) is 9.90. The molecule has 6 rings (SSSR count). The Labute approximate surface area is 252 Å². The second kappa shape index (κ2) is 12.1. The maximum atomic E-state index is 13.6. The number of ether oxygens (including phenoxy) is 1. The van der Waals surface area contributed by atoms with Crippen molar-refractivity contribution in [2.24, 2.45) is 0 Å². The van der Waals surface area contributed by atoms with Crippen LogP contribution < -0.4 is 0 Å². The van der Waals surface area contributed by atoms with Gasteiger partial charge in [-0.3, -0.25) is 4.79 Å². The highest BCUT2D eigenvalue weighted by molar-refractivity contribution is 5.96. The van der Waals surface area contributed by atoms with Gasteiger partial charge in [-0.05, 0) is 81.3 Å². The Morgan fingerprint density at radius 1 is 1.05 bits per heavy atom. The van der Waals surface area contributed by atoms with E-state index < -0.39 is 5.97 Å². The fourth-order valence-electron chi connectivity index (χ4n) is 6.44. The molecule has 2 aliphatic rings. The lowest BCUT2D eigenvalue weighted by Gasteiger charge is -2.36. The van der Waals surface area contributed by atoms with Gasteiger partial charge in [-0.15, -0.1) is 5.10 Å². The standard InChI is InChI=1S/C34H40N6O3/c1-5-10-26-14-6-7-16-38(26)33(41)25-13-8-11-23(17-25)24-12-9-15-27(18-24)40-32(30(20-35-40)34(42)43-4)29-19-28(29)31-21-39(22(2)3)37-36-31/h8-9,11-13,15,17-18,20-22,26,28-29H,5-7,10,14,16,19H2,1-4H3/t26-,28+,29+/m1/s1. The van der Waals surface area contributed by atoms with Crippen LogP contribution >= 0.6 is 0 Å². The topological polar surface area (TPSA) is 95.1 Å². The highest BCUT2D eigenvalue weighted by Crippen LogP contribution is 2.55. The zero-order chi connectivity index (χ0) is 30.1. The van der Waals surface area contributed by atoms with Crippen LogP contribution in [0, 0.1) is 0 Å². The third-order valence-corrected chi connectivity index (χ3v) is 8.83. The Balaban J connectivity index is 1.31. The third-order valence-electron chi connectivity index (χ3n) is 8.83. The molecule has 1 aliphatic carbocycles. The van der Waals surface area contributed by atoms with Crippen molar-refractivity contribution in [3.63, 3.8) is 0 Å². The summed E-state index contributed by atoms with van der Waals surface area (Å²) < 4.78 is 8.84. The lowest BCUT2D eigenvalue weighted by atomic mass is 9.96. The van der Waals surface area contributed by atoms with Crippen LogP contribution in [0.1, 0.15) is 109 Å². The van der Waals surface area contributed by atoms with Gasteiger partial charge in [0.2, 0.25) is 0 Å². The van der Waals surface area contributed by atoms with E-state index in [2.05, 4.69) is 47.1 Å². The number of carbonyl (C=O) groups excluding carboxylic acids is 2. The van der Waals surface area contributed by atoms with E-state index in [9.17, 15) is 9.59 Å². The normalized spacial score (nSPS) is 19.9. The van der Waals surface area contributed by atoms with Crippen LogP contribution in [0.25, 0.3) is 16.8 Å². The molecule has 3 atom stereocenters. The lowest BCUT2D eigenvalue weighted by molar-refractivity contribution is 0.0592. The van der Waals surface area contributed by atoms with Gasteiger partial charge in [0.25, 0.3) is 5.91 Å². The molecule has 1 amide bonds. The first-order chi connectivity index (χ1) is 20.9.